The monoisotopic (exact) mass is 259 g/mol. The van der Waals surface area contributed by atoms with E-state index in [2.05, 4.69) is 30.1 Å². The van der Waals surface area contributed by atoms with Gasteiger partial charge in [0.25, 0.3) is 0 Å². The summed E-state index contributed by atoms with van der Waals surface area (Å²) in [5, 5.41) is 0. The van der Waals surface area contributed by atoms with Gasteiger partial charge in [0.15, 0.2) is 0 Å². The summed E-state index contributed by atoms with van der Waals surface area (Å²) in [6.07, 6.45) is 8.36. The zero-order valence-electron chi connectivity index (χ0n) is 11.1. The van der Waals surface area contributed by atoms with Crippen LogP contribution in [0.3, 0.4) is 0 Å². The van der Waals surface area contributed by atoms with Crippen molar-refractivity contribution in [1.29, 1.82) is 0 Å². The van der Waals surface area contributed by atoms with Crippen molar-refractivity contribution in [3.63, 3.8) is 0 Å². The third kappa shape index (κ3) is 2.74. The molecular formula is C16H21NS. The summed E-state index contributed by atoms with van der Waals surface area (Å²) in [5.41, 5.74) is 4.58. The number of aromatic nitrogens is 1. The van der Waals surface area contributed by atoms with Crippen molar-refractivity contribution in [2.75, 3.05) is 0 Å². The van der Waals surface area contributed by atoms with Crippen LogP contribution in [0.15, 0.2) is 23.7 Å². The molecule has 96 valence electrons. The van der Waals surface area contributed by atoms with Gasteiger partial charge < -0.3 is 0 Å². The zero-order chi connectivity index (χ0) is 12.4. The second-order valence-electron chi connectivity index (χ2n) is 5.82. The minimum Gasteiger partial charge on any atom is -0.245 e. The Morgan fingerprint density at radius 2 is 2.06 bits per heavy atom. The molecule has 1 aliphatic carbocycles. The fourth-order valence-electron chi connectivity index (χ4n) is 3.05. The quantitative estimate of drug-likeness (QED) is 0.751. The molecule has 0 saturated heterocycles. The molecule has 0 bridgehead atoms. The van der Waals surface area contributed by atoms with Gasteiger partial charge in [-0.05, 0) is 42.4 Å². The molecule has 3 rings (SSSR count). The Morgan fingerprint density at radius 1 is 1.22 bits per heavy atom. The van der Waals surface area contributed by atoms with E-state index < -0.39 is 0 Å². The number of aryl methyl sites for hydroxylation is 1. The maximum Gasteiger partial charge on any atom is 0.0814 e. The molecule has 1 nitrogen and oxygen atoms in total. The number of nitrogens with zero attached hydrogens (tertiary/aromatic N) is 1. The molecular weight excluding hydrogens is 238 g/mol. The molecule has 2 heteroatoms. The lowest BCUT2D eigenvalue weighted by Gasteiger charge is -2.26. The highest BCUT2D eigenvalue weighted by atomic mass is 32.1. The number of hydrogen-bond acceptors (Lipinski definition) is 2. The van der Waals surface area contributed by atoms with Crippen molar-refractivity contribution in [2.24, 2.45) is 11.8 Å². The second kappa shape index (κ2) is 5.40. The van der Waals surface area contributed by atoms with E-state index in [0.717, 1.165) is 11.8 Å². The standard InChI is InChI=1S/C16H21NS/c1-12-2-4-13(5-3-12)6-7-14-8-9-16-15(10-14)17-11-18-16/h8-13H,2-7H2,1H3. The summed E-state index contributed by atoms with van der Waals surface area (Å²) >= 11 is 1.73. The molecule has 1 saturated carbocycles. The van der Waals surface area contributed by atoms with Gasteiger partial charge >= 0.3 is 0 Å². The molecule has 1 aromatic heterocycles. The Bertz CT molecular complexity index is 509. The van der Waals surface area contributed by atoms with Crippen LogP contribution in [-0.4, -0.2) is 4.98 Å². The molecule has 2 aromatic rings. The molecule has 0 amide bonds. The molecule has 0 atom stereocenters. The van der Waals surface area contributed by atoms with Crippen molar-refractivity contribution >= 4 is 21.6 Å². The van der Waals surface area contributed by atoms with E-state index in [9.17, 15) is 0 Å². The van der Waals surface area contributed by atoms with Gasteiger partial charge in [0, 0.05) is 0 Å². The van der Waals surface area contributed by atoms with Crippen LogP contribution in [0.5, 0.6) is 0 Å². The summed E-state index contributed by atoms with van der Waals surface area (Å²) in [4.78, 5) is 4.40. The molecule has 0 spiro atoms. The molecule has 1 aliphatic rings. The van der Waals surface area contributed by atoms with Crippen LogP contribution in [0.2, 0.25) is 0 Å². The highest BCUT2D eigenvalue weighted by molar-refractivity contribution is 7.16. The van der Waals surface area contributed by atoms with Crippen LogP contribution < -0.4 is 0 Å². The van der Waals surface area contributed by atoms with Gasteiger partial charge in [0.1, 0.15) is 0 Å². The van der Waals surface area contributed by atoms with Gasteiger partial charge in [-0.2, -0.15) is 0 Å². The lowest BCUT2D eigenvalue weighted by atomic mass is 9.80. The molecule has 0 radical (unpaired) electrons. The number of rotatable bonds is 3. The summed E-state index contributed by atoms with van der Waals surface area (Å²) in [5.74, 6) is 1.93. The van der Waals surface area contributed by atoms with E-state index in [1.807, 2.05) is 5.51 Å². The average Bonchev–Trinajstić information content (AvgIpc) is 2.85. The SMILES string of the molecule is CC1CCC(CCc2ccc3scnc3c2)CC1. The number of benzene rings is 1. The first-order chi connectivity index (χ1) is 8.81. The number of fused-ring (bicyclic) bond motifs is 1. The predicted octanol–water partition coefficient (Wildman–Crippen LogP) is 5.06. The number of hydrogen-bond donors (Lipinski definition) is 0. The van der Waals surface area contributed by atoms with Crippen LogP contribution in [0.4, 0.5) is 0 Å². The smallest absolute Gasteiger partial charge is 0.0814 e. The third-order valence-electron chi connectivity index (χ3n) is 4.37. The van der Waals surface area contributed by atoms with Gasteiger partial charge in [-0.1, -0.05) is 38.7 Å². The van der Waals surface area contributed by atoms with E-state index in [4.69, 9.17) is 0 Å². The second-order valence-corrected chi connectivity index (χ2v) is 6.71. The first-order valence-corrected chi connectivity index (χ1v) is 8.01. The molecule has 0 N–H and O–H groups in total. The largest absolute Gasteiger partial charge is 0.245 e. The summed E-state index contributed by atoms with van der Waals surface area (Å²) in [7, 11) is 0. The minimum atomic E-state index is 0.965. The van der Waals surface area contributed by atoms with Gasteiger partial charge in [-0.15, -0.1) is 11.3 Å². The molecule has 1 aromatic carbocycles. The summed E-state index contributed by atoms with van der Waals surface area (Å²) in [6.45, 7) is 2.40. The fraction of sp³-hybridized carbons (Fsp3) is 0.562. The van der Waals surface area contributed by atoms with E-state index in [0.29, 0.717) is 0 Å². The highest BCUT2D eigenvalue weighted by Gasteiger charge is 2.17. The Morgan fingerprint density at radius 3 is 2.89 bits per heavy atom. The summed E-state index contributed by atoms with van der Waals surface area (Å²) in [6, 6.07) is 6.79. The van der Waals surface area contributed by atoms with Crippen LogP contribution >= 0.6 is 11.3 Å². The van der Waals surface area contributed by atoms with Crippen LogP contribution in [0, 0.1) is 11.8 Å². The van der Waals surface area contributed by atoms with Gasteiger partial charge in [-0.3, -0.25) is 0 Å². The van der Waals surface area contributed by atoms with Crippen molar-refractivity contribution in [3.8, 4) is 0 Å². The average molecular weight is 259 g/mol. The number of thiazole rings is 1. The molecule has 1 heterocycles. The fourth-order valence-corrected chi connectivity index (χ4v) is 3.71. The predicted molar refractivity (Wildman–Crippen MR) is 79.1 cm³/mol. The van der Waals surface area contributed by atoms with Crippen molar-refractivity contribution < 1.29 is 0 Å². The first-order valence-electron chi connectivity index (χ1n) is 7.13. The normalized spacial score (nSPS) is 24.5. The Hall–Kier alpha value is -0.890. The van der Waals surface area contributed by atoms with Gasteiger partial charge in [-0.25, -0.2) is 4.98 Å². The van der Waals surface area contributed by atoms with Crippen molar-refractivity contribution in [2.45, 2.75) is 45.4 Å². The highest BCUT2D eigenvalue weighted by Crippen LogP contribution is 2.31. The van der Waals surface area contributed by atoms with Crippen molar-refractivity contribution in [3.05, 3.63) is 29.3 Å². The summed E-state index contributed by atoms with van der Waals surface area (Å²) < 4.78 is 1.31. The lowest BCUT2D eigenvalue weighted by Crippen LogP contribution is -2.12. The Balaban J connectivity index is 1.59. The molecule has 18 heavy (non-hydrogen) atoms. The van der Waals surface area contributed by atoms with E-state index >= 15 is 0 Å². The lowest BCUT2D eigenvalue weighted by molar-refractivity contribution is 0.278. The van der Waals surface area contributed by atoms with Crippen LogP contribution in [-0.2, 0) is 6.42 Å². The maximum atomic E-state index is 4.40. The zero-order valence-corrected chi connectivity index (χ0v) is 11.9. The Labute approximate surface area is 113 Å². The topological polar surface area (TPSA) is 12.9 Å². The van der Waals surface area contributed by atoms with E-state index in [1.165, 1.54) is 54.3 Å². The Kier molecular flexibility index (Phi) is 3.64. The van der Waals surface area contributed by atoms with Gasteiger partial charge in [0.05, 0.1) is 15.7 Å². The minimum absolute atomic E-state index is 0.965. The maximum absolute atomic E-state index is 4.40. The van der Waals surface area contributed by atoms with E-state index in [-0.39, 0.29) is 0 Å². The molecule has 0 aliphatic heterocycles. The van der Waals surface area contributed by atoms with Gasteiger partial charge in [0.2, 0.25) is 0 Å². The first kappa shape index (κ1) is 12.2. The van der Waals surface area contributed by atoms with E-state index in [1.54, 1.807) is 11.3 Å². The van der Waals surface area contributed by atoms with Crippen molar-refractivity contribution in [1.82, 2.24) is 4.98 Å². The van der Waals surface area contributed by atoms with Crippen LogP contribution in [0.1, 0.15) is 44.6 Å². The molecule has 0 unspecified atom stereocenters. The third-order valence-corrected chi connectivity index (χ3v) is 5.18. The van der Waals surface area contributed by atoms with Crippen LogP contribution in [0.25, 0.3) is 10.2 Å². The molecule has 1 fully saturated rings.